The minimum absolute atomic E-state index is 0.292. The molecular formula is C22H34F2. The lowest BCUT2D eigenvalue weighted by Gasteiger charge is -2.29. The van der Waals surface area contributed by atoms with Crippen LogP contribution in [0.15, 0.2) is 12.1 Å². The van der Waals surface area contributed by atoms with Crippen LogP contribution in [0.25, 0.3) is 0 Å². The van der Waals surface area contributed by atoms with E-state index in [9.17, 15) is 8.78 Å². The summed E-state index contributed by atoms with van der Waals surface area (Å²) in [6.07, 6.45) is 13.4. The van der Waals surface area contributed by atoms with Gasteiger partial charge in [0.2, 0.25) is 0 Å². The fourth-order valence-electron chi connectivity index (χ4n) is 4.12. The fourth-order valence-corrected chi connectivity index (χ4v) is 4.12. The molecule has 0 aromatic heterocycles. The molecule has 0 unspecified atom stereocenters. The summed E-state index contributed by atoms with van der Waals surface area (Å²) in [5.41, 5.74) is 1.18. The van der Waals surface area contributed by atoms with E-state index >= 15 is 0 Å². The Morgan fingerprint density at radius 1 is 0.833 bits per heavy atom. The van der Waals surface area contributed by atoms with Gasteiger partial charge in [0.1, 0.15) is 11.6 Å². The maximum absolute atomic E-state index is 14.3. The Kier molecular flexibility index (Phi) is 8.21. The lowest BCUT2D eigenvalue weighted by molar-refractivity contribution is 0.302. The van der Waals surface area contributed by atoms with Gasteiger partial charge in [0, 0.05) is 5.56 Å². The molecule has 0 heterocycles. The second kappa shape index (κ2) is 10.2. The zero-order valence-corrected chi connectivity index (χ0v) is 15.6. The van der Waals surface area contributed by atoms with Crippen LogP contribution in [0.4, 0.5) is 8.78 Å². The first kappa shape index (κ1) is 19.4. The average molecular weight is 337 g/mol. The molecule has 0 N–H and O–H groups in total. The van der Waals surface area contributed by atoms with E-state index in [0.717, 1.165) is 43.6 Å². The van der Waals surface area contributed by atoms with Crippen molar-refractivity contribution in [3.05, 3.63) is 34.9 Å². The van der Waals surface area contributed by atoms with Gasteiger partial charge in [-0.05, 0) is 68.1 Å². The van der Waals surface area contributed by atoms with Crippen molar-refractivity contribution in [1.29, 1.82) is 0 Å². The summed E-state index contributed by atoms with van der Waals surface area (Å²) in [5, 5.41) is 0. The van der Waals surface area contributed by atoms with E-state index in [-0.39, 0.29) is 11.6 Å². The molecule has 1 aromatic carbocycles. The molecule has 1 fully saturated rings. The van der Waals surface area contributed by atoms with Crippen LogP contribution in [0.3, 0.4) is 0 Å². The van der Waals surface area contributed by atoms with Crippen LogP contribution in [0, 0.1) is 17.6 Å². The van der Waals surface area contributed by atoms with E-state index < -0.39 is 0 Å². The van der Waals surface area contributed by atoms with Crippen LogP contribution in [-0.2, 0) is 6.42 Å². The molecular weight excluding hydrogens is 302 g/mol. The standard InChI is InChI=1S/C22H34F2/c1-3-5-7-9-17-11-13-18(14-12-17)19-15-21(23)20(22(24)16-19)10-8-6-4-2/h15-18H,3-14H2,1-2H3. The van der Waals surface area contributed by atoms with Crippen molar-refractivity contribution in [3.63, 3.8) is 0 Å². The molecule has 0 amide bonds. The maximum Gasteiger partial charge on any atom is 0.129 e. The van der Waals surface area contributed by atoms with Gasteiger partial charge in [0.15, 0.2) is 0 Å². The second-order valence-corrected chi connectivity index (χ2v) is 7.63. The first-order valence-electron chi connectivity index (χ1n) is 10.1. The number of hydrogen-bond acceptors (Lipinski definition) is 0. The van der Waals surface area contributed by atoms with Crippen LogP contribution in [0.2, 0.25) is 0 Å². The molecule has 0 bridgehead atoms. The first-order chi connectivity index (χ1) is 11.7. The van der Waals surface area contributed by atoms with Crippen molar-refractivity contribution in [2.45, 2.75) is 96.8 Å². The zero-order valence-electron chi connectivity index (χ0n) is 15.6. The molecule has 0 nitrogen and oxygen atoms in total. The van der Waals surface area contributed by atoms with E-state index in [0.29, 0.717) is 17.9 Å². The number of benzene rings is 1. The van der Waals surface area contributed by atoms with Crippen LogP contribution in [0.5, 0.6) is 0 Å². The van der Waals surface area contributed by atoms with Gasteiger partial charge >= 0.3 is 0 Å². The minimum Gasteiger partial charge on any atom is -0.207 e. The van der Waals surface area contributed by atoms with Gasteiger partial charge < -0.3 is 0 Å². The van der Waals surface area contributed by atoms with Gasteiger partial charge in [-0.25, -0.2) is 8.78 Å². The first-order valence-corrected chi connectivity index (χ1v) is 10.1. The molecule has 1 aliphatic carbocycles. The molecule has 2 rings (SSSR count). The van der Waals surface area contributed by atoms with E-state index in [1.54, 1.807) is 12.1 Å². The maximum atomic E-state index is 14.3. The van der Waals surface area contributed by atoms with Crippen LogP contribution in [0.1, 0.15) is 102 Å². The summed E-state index contributed by atoms with van der Waals surface area (Å²) in [7, 11) is 0. The topological polar surface area (TPSA) is 0 Å². The zero-order chi connectivity index (χ0) is 17.4. The summed E-state index contributed by atoms with van der Waals surface area (Å²) in [6.45, 7) is 4.35. The molecule has 1 aromatic rings. The monoisotopic (exact) mass is 336 g/mol. The second-order valence-electron chi connectivity index (χ2n) is 7.63. The van der Waals surface area contributed by atoms with Crippen molar-refractivity contribution in [3.8, 4) is 0 Å². The smallest absolute Gasteiger partial charge is 0.129 e. The summed E-state index contributed by atoms with van der Waals surface area (Å²) in [5.74, 6) is 0.522. The fraction of sp³-hybridized carbons (Fsp3) is 0.727. The van der Waals surface area contributed by atoms with E-state index in [4.69, 9.17) is 0 Å². The van der Waals surface area contributed by atoms with Crippen molar-refractivity contribution < 1.29 is 8.78 Å². The molecule has 0 saturated heterocycles. The molecule has 0 spiro atoms. The van der Waals surface area contributed by atoms with Crippen molar-refractivity contribution in [1.82, 2.24) is 0 Å². The van der Waals surface area contributed by atoms with E-state index in [1.165, 1.54) is 38.5 Å². The third kappa shape index (κ3) is 5.57. The molecule has 24 heavy (non-hydrogen) atoms. The lowest BCUT2D eigenvalue weighted by atomic mass is 9.77. The SMILES string of the molecule is CCCCCc1c(F)cc(C2CCC(CCCCC)CC2)cc1F. The Labute approximate surface area is 147 Å². The van der Waals surface area contributed by atoms with Gasteiger partial charge in [-0.15, -0.1) is 0 Å². The number of halogens is 2. The molecule has 136 valence electrons. The summed E-state index contributed by atoms with van der Waals surface area (Å²) < 4.78 is 28.7. The molecule has 2 heteroatoms. The van der Waals surface area contributed by atoms with E-state index in [1.807, 2.05) is 0 Å². The number of unbranched alkanes of at least 4 members (excludes halogenated alkanes) is 4. The van der Waals surface area contributed by atoms with Gasteiger partial charge in [0.25, 0.3) is 0 Å². The largest absolute Gasteiger partial charge is 0.207 e. The van der Waals surface area contributed by atoms with Crippen LogP contribution in [-0.4, -0.2) is 0 Å². The third-order valence-electron chi connectivity index (χ3n) is 5.73. The molecule has 1 aliphatic rings. The van der Waals surface area contributed by atoms with Gasteiger partial charge in [0.05, 0.1) is 0 Å². The summed E-state index contributed by atoms with van der Waals surface area (Å²) in [4.78, 5) is 0. The Morgan fingerprint density at radius 3 is 2.00 bits per heavy atom. The predicted molar refractivity (Wildman–Crippen MR) is 98.4 cm³/mol. The highest BCUT2D eigenvalue weighted by atomic mass is 19.1. The average Bonchev–Trinajstić information content (AvgIpc) is 2.58. The number of hydrogen-bond donors (Lipinski definition) is 0. The quantitative estimate of drug-likeness (QED) is 0.408. The Bertz CT molecular complexity index is 464. The molecule has 0 radical (unpaired) electrons. The van der Waals surface area contributed by atoms with Gasteiger partial charge in [-0.2, -0.15) is 0 Å². The highest BCUT2D eigenvalue weighted by molar-refractivity contribution is 5.29. The van der Waals surface area contributed by atoms with Gasteiger partial charge in [-0.1, -0.05) is 52.4 Å². The molecule has 0 atom stereocenters. The minimum atomic E-state index is -0.328. The Morgan fingerprint density at radius 2 is 1.42 bits per heavy atom. The van der Waals surface area contributed by atoms with Crippen molar-refractivity contribution in [2.24, 2.45) is 5.92 Å². The summed E-state index contributed by atoms with van der Waals surface area (Å²) in [6, 6.07) is 3.23. The molecule has 0 aliphatic heterocycles. The Hall–Kier alpha value is -0.920. The third-order valence-corrected chi connectivity index (χ3v) is 5.73. The van der Waals surface area contributed by atoms with E-state index in [2.05, 4.69) is 13.8 Å². The van der Waals surface area contributed by atoms with Crippen molar-refractivity contribution >= 4 is 0 Å². The predicted octanol–water partition coefficient (Wildman–Crippen LogP) is 7.55. The van der Waals surface area contributed by atoms with Gasteiger partial charge in [-0.3, -0.25) is 0 Å². The summed E-state index contributed by atoms with van der Waals surface area (Å²) >= 11 is 0. The lowest BCUT2D eigenvalue weighted by Crippen LogP contribution is -2.14. The highest BCUT2D eigenvalue weighted by Crippen LogP contribution is 2.38. The van der Waals surface area contributed by atoms with Crippen LogP contribution >= 0.6 is 0 Å². The number of rotatable bonds is 9. The van der Waals surface area contributed by atoms with Crippen LogP contribution < -0.4 is 0 Å². The van der Waals surface area contributed by atoms with Crippen molar-refractivity contribution in [2.75, 3.05) is 0 Å². The highest BCUT2D eigenvalue weighted by Gasteiger charge is 2.24. The normalized spacial score (nSPS) is 21.2. The Balaban J connectivity index is 1.91. The molecule has 1 saturated carbocycles.